The zero-order chi connectivity index (χ0) is 24.3. The molecule has 0 saturated carbocycles. The van der Waals surface area contributed by atoms with Gasteiger partial charge in [0.05, 0.1) is 12.8 Å². The third-order valence-corrected chi connectivity index (χ3v) is 5.07. The lowest BCUT2D eigenvalue weighted by atomic mass is 10.2. The summed E-state index contributed by atoms with van der Waals surface area (Å²) in [5.41, 5.74) is 1.64. The first-order valence-corrected chi connectivity index (χ1v) is 10.9. The smallest absolute Gasteiger partial charge is 0.255 e. The average Bonchev–Trinajstić information content (AvgIpc) is 2.84. The summed E-state index contributed by atoms with van der Waals surface area (Å²) in [7, 11) is 3.41. The molecule has 0 aliphatic carbocycles. The number of benzene rings is 3. The van der Waals surface area contributed by atoms with Crippen LogP contribution in [-0.4, -0.2) is 50.6 Å². The third-order valence-electron chi connectivity index (χ3n) is 5.07. The van der Waals surface area contributed by atoms with Gasteiger partial charge in [0.2, 0.25) is 5.91 Å². The number of amides is 2. The highest BCUT2D eigenvalue weighted by Gasteiger charge is 2.11. The van der Waals surface area contributed by atoms with Crippen molar-refractivity contribution in [3.8, 4) is 11.5 Å². The van der Waals surface area contributed by atoms with Crippen molar-refractivity contribution in [2.45, 2.75) is 6.42 Å². The first-order chi connectivity index (χ1) is 16.5. The molecule has 2 amide bonds. The van der Waals surface area contributed by atoms with E-state index in [1.165, 1.54) is 6.07 Å². The number of rotatable bonds is 11. The van der Waals surface area contributed by atoms with Crippen molar-refractivity contribution < 1.29 is 23.5 Å². The molecule has 0 atom stereocenters. The highest BCUT2D eigenvalue weighted by molar-refractivity contribution is 6.05. The van der Waals surface area contributed by atoms with Crippen molar-refractivity contribution in [1.82, 2.24) is 4.90 Å². The number of nitrogens with zero attached hydrogens (tertiary/aromatic N) is 1. The average molecular weight is 466 g/mol. The Hall–Kier alpha value is -3.91. The molecule has 0 aromatic heterocycles. The number of hydrogen-bond donors (Lipinski definition) is 2. The molecule has 7 nitrogen and oxygen atoms in total. The quantitative estimate of drug-likeness (QED) is 0.438. The summed E-state index contributed by atoms with van der Waals surface area (Å²) in [4.78, 5) is 26.7. The van der Waals surface area contributed by atoms with Gasteiger partial charge in [0.1, 0.15) is 12.4 Å². The predicted molar refractivity (Wildman–Crippen MR) is 130 cm³/mol. The summed E-state index contributed by atoms with van der Waals surface area (Å²) in [6.07, 6.45) is 0.284. The van der Waals surface area contributed by atoms with Crippen molar-refractivity contribution in [2.75, 3.05) is 44.5 Å². The van der Waals surface area contributed by atoms with Crippen molar-refractivity contribution in [2.24, 2.45) is 0 Å². The lowest BCUT2D eigenvalue weighted by Crippen LogP contribution is -2.28. The largest absolute Gasteiger partial charge is 0.495 e. The van der Waals surface area contributed by atoms with Crippen LogP contribution in [0.5, 0.6) is 11.5 Å². The second kappa shape index (κ2) is 12.4. The SMILES string of the molecule is COc1ccccc1NC(=O)c1ccc(NC(=O)CCN(C)CCOc2ccccc2F)cc1. The van der Waals surface area contributed by atoms with Gasteiger partial charge in [0.25, 0.3) is 5.91 Å². The van der Waals surface area contributed by atoms with Gasteiger partial charge >= 0.3 is 0 Å². The Labute approximate surface area is 198 Å². The highest BCUT2D eigenvalue weighted by atomic mass is 19.1. The van der Waals surface area contributed by atoms with E-state index in [4.69, 9.17) is 9.47 Å². The summed E-state index contributed by atoms with van der Waals surface area (Å²) in [6, 6.07) is 20.1. The van der Waals surface area contributed by atoms with Gasteiger partial charge in [-0.2, -0.15) is 0 Å². The van der Waals surface area contributed by atoms with Gasteiger partial charge in [-0.25, -0.2) is 4.39 Å². The number of methoxy groups -OCH3 is 1. The lowest BCUT2D eigenvalue weighted by molar-refractivity contribution is -0.116. The van der Waals surface area contributed by atoms with Crippen LogP contribution in [0.2, 0.25) is 0 Å². The molecule has 0 fully saturated rings. The Balaban J connectivity index is 1.41. The topological polar surface area (TPSA) is 79.9 Å². The molecule has 3 aromatic carbocycles. The van der Waals surface area contributed by atoms with E-state index in [1.54, 1.807) is 61.7 Å². The Morgan fingerprint density at radius 2 is 1.56 bits per heavy atom. The van der Waals surface area contributed by atoms with E-state index in [1.807, 2.05) is 24.1 Å². The van der Waals surface area contributed by atoms with Crippen LogP contribution in [0, 0.1) is 5.82 Å². The molecular formula is C26H28FN3O4. The molecule has 0 spiro atoms. The molecule has 8 heteroatoms. The summed E-state index contributed by atoms with van der Waals surface area (Å²) < 4.78 is 24.2. The Kier molecular flexibility index (Phi) is 8.99. The Morgan fingerprint density at radius 3 is 2.26 bits per heavy atom. The van der Waals surface area contributed by atoms with E-state index in [9.17, 15) is 14.0 Å². The molecular weight excluding hydrogens is 437 g/mol. The fourth-order valence-electron chi connectivity index (χ4n) is 3.15. The van der Waals surface area contributed by atoms with Gasteiger partial charge in [-0.1, -0.05) is 24.3 Å². The number of carbonyl (C=O) groups excluding carboxylic acids is 2. The van der Waals surface area contributed by atoms with E-state index < -0.39 is 5.82 Å². The minimum absolute atomic E-state index is 0.145. The van der Waals surface area contributed by atoms with E-state index in [0.29, 0.717) is 42.4 Å². The van der Waals surface area contributed by atoms with Crippen LogP contribution in [-0.2, 0) is 4.79 Å². The van der Waals surface area contributed by atoms with Crippen molar-refractivity contribution in [3.05, 3.63) is 84.2 Å². The molecule has 0 heterocycles. The summed E-state index contributed by atoms with van der Waals surface area (Å²) in [6.45, 7) is 1.39. The minimum Gasteiger partial charge on any atom is -0.495 e. The lowest BCUT2D eigenvalue weighted by Gasteiger charge is -2.17. The van der Waals surface area contributed by atoms with Gasteiger partial charge in [-0.15, -0.1) is 0 Å². The van der Waals surface area contributed by atoms with Crippen LogP contribution >= 0.6 is 0 Å². The molecule has 0 bridgehead atoms. The molecule has 0 aliphatic heterocycles. The summed E-state index contributed by atoms with van der Waals surface area (Å²) in [5.74, 6) is -0.0281. The Morgan fingerprint density at radius 1 is 0.882 bits per heavy atom. The zero-order valence-electron chi connectivity index (χ0n) is 19.2. The molecule has 0 saturated heterocycles. The van der Waals surface area contributed by atoms with Crippen LogP contribution < -0.4 is 20.1 Å². The van der Waals surface area contributed by atoms with Gasteiger partial charge in [0.15, 0.2) is 11.6 Å². The normalized spacial score (nSPS) is 10.6. The molecule has 34 heavy (non-hydrogen) atoms. The van der Waals surface area contributed by atoms with Crippen LogP contribution in [0.1, 0.15) is 16.8 Å². The second-order valence-corrected chi connectivity index (χ2v) is 7.61. The van der Waals surface area contributed by atoms with Crippen molar-refractivity contribution in [1.29, 1.82) is 0 Å². The predicted octanol–water partition coefficient (Wildman–Crippen LogP) is 4.43. The molecule has 0 aliphatic rings. The maximum Gasteiger partial charge on any atom is 0.255 e. The van der Waals surface area contributed by atoms with Gasteiger partial charge in [-0.3, -0.25) is 9.59 Å². The van der Waals surface area contributed by atoms with Crippen LogP contribution in [0.25, 0.3) is 0 Å². The number of carbonyl (C=O) groups is 2. The van der Waals surface area contributed by atoms with Crippen LogP contribution in [0.4, 0.5) is 15.8 Å². The van der Waals surface area contributed by atoms with Gasteiger partial charge in [-0.05, 0) is 55.6 Å². The third kappa shape index (κ3) is 7.31. The zero-order valence-corrected chi connectivity index (χ0v) is 19.2. The molecule has 2 N–H and O–H groups in total. The van der Waals surface area contributed by atoms with Crippen molar-refractivity contribution >= 4 is 23.2 Å². The number of likely N-dealkylation sites (N-methyl/N-ethyl adjacent to an activating group) is 1. The first-order valence-electron chi connectivity index (χ1n) is 10.9. The maximum atomic E-state index is 13.6. The van der Waals surface area contributed by atoms with Crippen molar-refractivity contribution in [3.63, 3.8) is 0 Å². The molecule has 3 aromatic rings. The Bertz CT molecular complexity index is 1110. The highest BCUT2D eigenvalue weighted by Crippen LogP contribution is 2.24. The number of ether oxygens (including phenoxy) is 2. The molecule has 0 radical (unpaired) electrons. The standard InChI is InChI=1S/C26H28FN3O4/c1-30(17-18-34-23-9-5-3-7-21(23)27)16-15-25(31)28-20-13-11-19(12-14-20)26(32)29-22-8-4-6-10-24(22)33-2/h3-14H,15-18H2,1-2H3,(H,28,31)(H,29,32). The summed E-state index contributed by atoms with van der Waals surface area (Å²) in [5, 5.41) is 5.64. The van der Waals surface area contributed by atoms with E-state index in [-0.39, 0.29) is 24.0 Å². The number of nitrogens with one attached hydrogen (secondary N) is 2. The second-order valence-electron chi connectivity index (χ2n) is 7.61. The molecule has 178 valence electrons. The van der Waals surface area contributed by atoms with Crippen LogP contribution in [0.3, 0.4) is 0 Å². The van der Waals surface area contributed by atoms with E-state index >= 15 is 0 Å². The van der Waals surface area contributed by atoms with Gasteiger partial charge < -0.3 is 25.0 Å². The van der Waals surface area contributed by atoms with Gasteiger partial charge in [0, 0.05) is 30.8 Å². The van der Waals surface area contributed by atoms with E-state index in [2.05, 4.69) is 10.6 Å². The minimum atomic E-state index is -0.396. The maximum absolute atomic E-state index is 13.6. The first kappa shape index (κ1) is 24.7. The monoisotopic (exact) mass is 465 g/mol. The fraction of sp³-hybridized carbons (Fsp3) is 0.231. The molecule has 0 unspecified atom stereocenters. The number of anilines is 2. The van der Waals surface area contributed by atoms with Crippen LogP contribution in [0.15, 0.2) is 72.8 Å². The molecule has 3 rings (SSSR count). The summed E-state index contributed by atoms with van der Waals surface area (Å²) >= 11 is 0. The number of hydrogen-bond acceptors (Lipinski definition) is 5. The fourth-order valence-corrected chi connectivity index (χ4v) is 3.15. The number of para-hydroxylation sites is 3. The van der Waals surface area contributed by atoms with E-state index in [0.717, 1.165) is 0 Å². The number of halogens is 1.